The van der Waals surface area contributed by atoms with Gasteiger partial charge in [0, 0.05) is 0 Å². The lowest BCUT2D eigenvalue weighted by Crippen LogP contribution is -2.28. The van der Waals surface area contributed by atoms with E-state index in [0.29, 0.717) is 0 Å². The molecule has 0 aliphatic rings. The van der Waals surface area contributed by atoms with Gasteiger partial charge in [-0.2, -0.15) is 0 Å². The summed E-state index contributed by atoms with van der Waals surface area (Å²) >= 11 is 0. The van der Waals surface area contributed by atoms with Gasteiger partial charge in [0.05, 0.1) is 0 Å². The van der Waals surface area contributed by atoms with Crippen LogP contribution in [-0.4, -0.2) is 21.0 Å². The number of aromatic nitrogens is 2. The van der Waals surface area contributed by atoms with Crippen LogP contribution < -0.4 is 11.2 Å². The van der Waals surface area contributed by atoms with E-state index < -0.39 is 28.5 Å². The van der Waals surface area contributed by atoms with Crippen molar-refractivity contribution in [1.82, 2.24) is 9.97 Å². The molecule has 6 heteroatoms. The Kier molecular flexibility index (Phi) is 2.02. The van der Waals surface area contributed by atoms with Crippen molar-refractivity contribution in [3.05, 3.63) is 32.1 Å². The molecular formula is C7H4N2O4. The molecule has 0 saturated heterocycles. The number of aromatic carboxylic acids is 1. The summed E-state index contributed by atoms with van der Waals surface area (Å²) in [6.45, 7) is 0. The average molecular weight is 180 g/mol. The minimum Gasteiger partial charge on any atom is -0.477 e. The number of terminal acetylenes is 1. The van der Waals surface area contributed by atoms with Crippen molar-refractivity contribution in [2.24, 2.45) is 0 Å². The highest BCUT2D eigenvalue weighted by Crippen LogP contribution is 1.93. The number of carboxylic acid groups (broad SMARTS) is 1. The van der Waals surface area contributed by atoms with Gasteiger partial charge in [-0.15, -0.1) is 6.42 Å². The Morgan fingerprint density at radius 2 is 2.00 bits per heavy atom. The molecule has 66 valence electrons. The molecule has 1 aromatic heterocycles. The molecule has 0 atom stereocenters. The number of hydrogen-bond donors (Lipinski definition) is 3. The normalized spacial score (nSPS) is 9.15. The van der Waals surface area contributed by atoms with E-state index in [2.05, 4.69) is 0 Å². The van der Waals surface area contributed by atoms with Crippen molar-refractivity contribution >= 4 is 5.97 Å². The maximum Gasteiger partial charge on any atom is 0.353 e. The van der Waals surface area contributed by atoms with E-state index in [4.69, 9.17) is 11.5 Å². The highest BCUT2D eigenvalue weighted by atomic mass is 16.4. The maximum absolute atomic E-state index is 10.9. The lowest BCUT2D eigenvalue weighted by atomic mass is 10.2. The zero-order chi connectivity index (χ0) is 10.0. The van der Waals surface area contributed by atoms with Gasteiger partial charge in [0.2, 0.25) is 0 Å². The Hall–Kier alpha value is -2.29. The van der Waals surface area contributed by atoms with E-state index >= 15 is 0 Å². The van der Waals surface area contributed by atoms with E-state index in [9.17, 15) is 14.4 Å². The van der Waals surface area contributed by atoms with Gasteiger partial charge >= 0.3 is 11.7 Å². The van der Waals surface area contributed by atoms with Crippen LogP contribution in [0.2, 0.25) is 0 Å². The van der Waals surface area contributed by atoms with Crippen molar-refractivity contribution in [2.45, 2.75) is 0 Å². The number of rotatable bonds is 1. The van der Waals surface area contributed by atoms with Crippen molar-refractivity contribution in [3.63, 3.8) is 0 Å². The number of H-pyrrole nitrogens is 2. The van der Waals surface area contributed by atoms with Crippen LogP contribution >= 0.6 is 0 Å². The van der Waals surface area contributed by atoms with E-state index in [0.717, 1.165) is 0 Å². The predicted octanol–water partition coefficient (Wildman–Crippen LogP) is -1.26. The molecule has 0 fully saturated rings. The third-order valence-corrected chi connectivity index (χ3v) is 1.30. The van der Waals surface area contributed by atoms with Crippen molar-refractivity contribution in [3.8, 4) is 12.3 Å². The lowest BCUT2D eigenvalue weighted by molar-refractivity contribution is 0.0689. The van der Waals surface area contributed by atoms with Gasteiger partial charge in [-0.05, 0) is 0 Å². The number of nitrogens with one attached hydrogen (secondary N) is 2. The Balaban J connectivity index is 3.70. The van der Waals surface area contributed by atoms with E-state index in [-0.39, 0.29) is 0 Å². The summed E-state index contributed by atoms with van der Waals surface area (Å²) in [7, 11) is 0. The molecule has 0 radical (unpaired) electrons. The first-order chi connectivity index (χ1) is 6.06. The standard InChI is InChI=1S/C7H4N2O4/c1-2-3-4(6(11)12)8-7(13)9-5(3)10/h1H,(H,11,12)(H2,8,9,10,13). The Morgan fingerprint density at radius 3 is 2.46 bits per heavy atom. The largest absolute Gasteiger partial charge is 0.477 e. The summed E-state index contributed by atoms with van der Waals surface area (Å²) < 4.78 is 0. The van der Waals surface area contributed by atoms with Crippen LogP contribution in [0, 0.1) is 12.3 Å². The second-order valence-electron chi connectivity index (χ2n) is 2.11. The molecule has 0 aliphatic heterocycles. The van der Waals surface area contributed by atoms with Crippen LogP contribution in [0.15, 0.2) is 9.59 Å². The molecule has 6 nitrogen and oxygen atoms in total. The number of carboxylic acids is 1. The molecule has 0 aliphatic carbocycles. The van der Waals surface area contributed by atoms with Crippen molar-refractivity contribution < 1.29 is 9.90 Å². The van der Waals surface area contributed by atoms with Crippen LogP contribution in [0.5, 0.6) is 0 Å². The number of carbonyl (C=O) groups is 1. The van der Waals surface area contributed by atoms with Gasteiger partial charge in [-0.3, -0.25) is 9.78 Å². The van der Waals surface area contributed by atoms with Crippen LogP contribution in [0.1, 0.15) is 16.1 Å². The predicted molar refractivity (Wildman–Crippen MR) is 42.6 cm³/mol. The smallest absolute Gasteiger partial charge is 0.353 e. The first-order valence-corrected chi connectivity index (χ1v) is 3.12. The maximum atomic E-state index is 10.9. The Morgan fingerprint density at radius 1 is 1.38 bits per heavy atom. The fraction of sp³-hybridized carbons (Fsp3) is 0. The van der Waals surface area contributed by atoms with Crippen LogP contribution in [0.3, 0.4) is 0 Å². The molecule has 13 heavy (non-hydrogen) atoms. The molecule has 0 amide bonds. The summed E-state index contributed by atoms with van der Waals surface area (Å²) in [4.78, 5) is 35.7. The molecule has 0 spiro atoms. The molecule has 0 unspecified atom stereocenters. The van der Waals surface area contributed by atoms with E-state index in [1.165, 1.54) is 0 Å². The summed E-state index contributed by atoms with van der Waals surface area (Å²) in [5.74, 6) is 0.430. The second kappa shape index (κ2) is 2.98. The highest BCUT2D eigenvalue weighted by molar-refractivity contribution is 5.88. The van der Waals surface area contributed by atoms with Gasteiger partial charge < -0.3 is 10.1 Å². The van der Waals surface area contributed by atoms with Crippen molar-refractivity contribution in [1.29, 1.82) is 0 Å². The summed E-state index contributed by atoms with van der Waals surface area (Å²) in [5.41, 5.74) is -2.76. The van der Waals surface area contributed by atoms with Gasteiger partial charge in [0.1, 0.15) is 11.3 Å². The first kappa shape index (κ1) is 8.80. The fourth-order valence-corrected chi connectivity index (χ4v) is 0.785. The topological polar surface area (TPSA) is 103 Å². The molecule has 1 heterocycles. The van der Waals surface area contributed by atoms with Gasteiger partial charge in [-0.25, -0.2) is 9.59 Å². The van der Waals surface area contributed by atoms with E-state index in [1.54, 1.807) is 0 Å². The van der Waals surface area contributed by atoms with Gasteiger partial charge in [0.15, 0.2) is 0 Å². The Labute approximate surface area is 71.2 Å². The minimum absolute atomic E-state index is 0.396. The molecule has 1 aromatic rings. The van der Waals surface area contributed by atoms with Gasteiger partial charge in [-0.1, -0.05) is 5.92 Å². The number of aromatic amines is 2. The quantitative estimate of drug-likeness (QED) is 0.469. The molecular weight excluding hydrogens is 176 g/mol. The number of hydrogen-bond acceptors (Lipinski definition) is 3. The van der Waals surface area contributed by atoms with Gasteiger partial charge in [0.25, 0.3) is 5.56 Å². The molecule has 0 aromatic carbocycles. The molecule has 3 N–H and O–H groups in total. The molecule has 1 rings (SSSR count). The fourth-order valence-electron chi connectivity index (χ4n) is 0.785. The zero-order valence-electron chi connectivity index (χ0n) is 6.25. The SMILES string of the molecule is C#Cc1c(C(=O)O)[nH]c(=O)[nH]c1=O. The minimum atomic E-state index is -1.45. The third kappa shape index (κ3) is 1.49. The second-order valence-corrected chi connectivity index (χ2v) is 2.11. The average Bonchev–Trinajstić information content (AvgIpc) is 2.02. The van der Waals surface area contributed by atoms with Crippen molar-refractivity contribution in [2.75, 3.05) is 0 Å². The highest BCUT2D eigenvalue weighted by Gasteiger charge is 2.12. The zero-order valence-corrected chi connectivity index (χ0v) is 6.25. The van der Waals surface area contributed by atoms with E-state index in [1.807, 2.05) is 15.9 Å². The summed E-state index contributed by atoms with van der Waals surface area (Å²) in [5, 5.41) is 8.53. The lowest BCUT2D eigenvalue weighted by Gasteiger charge is -1.95. The monoisotopic (exact) mass is 180 g/mol. The first-order valence-electron chi connectivity index (χ1n) is 3.12. The summed E-state index contributed by atoms with van der Waals surface area (Å²) in [6.07, 6.45) is 4.88. The Bertz CT molecular complexity index is 502. The third-order valence-electron chi connectivity index (χ3n) is 1.30. The summed E-state index contributed by atoms with van der Waals surface area (Å²) in [6, 6.07) is 0. The van der Waals surface area contributed by atoms with Crippen LogP contribution in [-0.2, 0) is 0 Å². The molecule has 0 saturated carbocycles. The molecule has 0 bridgehead atoms. The van der Waals surface area contributed by atoms with Crippen LogP contribution in [0.25, 0.3) is 0 Å². The van der Waals surface area contributed by atoms with Crippen LogP contribution in [0.4, 0.5) is 0 Å².